The third-order valence-electron chi connectivity index (χ3n) is 3.15. The van der Waals surface area contributed by atoms with Crippen molar-refractivity contribution in [3.63, 3.8) is 0 Å². The lowest BCUT2D eigenvalue weighted by atomic mass is 10.0. The molecular formula is C16H16I2. The molecule has 0 spiro atoms. The fourth-order valence-corrected chi connectivity index (χ4v) is 2.68. The molecule has 0 atom stereocenters. The summed E-state index contributed by atoms with van der Waals surface area (Å²) in [7, 11) is 0. The van der Waals surface area contributed by atoms with E-state index >= 15 is 0 Å². The van der Waals surface area contributed by atoms with Gasteiger partial charge in [0.1, 0.15) is 0 Å². The Balaban J connectivity index is 2.06. The summed E-state index contributed by atoms with van der Waals surface area (Å²) < 4.78 is 2.70. The van der Waals surface area contributed by atoms with E-state index in [4.69, 9.17) is 0 Å². The van der Waals surface area contributed by atoms with Gasteiger partial charge in [-0.05, 0) is 106 Å². The molecule has 2 rings (SSSR count). The number of hydrogen-bond donors (Lipinski definition) is 0. The second-order valence-electron chi connectivity index (χ2n) is 4.67. The van der Waals surface area contributed by atoms with E-state index in [1.165, 1.54) is 29.4 Å². The van der Waals surface area contributed by atoms with Crippen LogP contribution in [0.15, 0.2) is 36.4 Å². The molecule has 0 aliphatic carbocycles. The van der Waals surface area contributed by atoms with Crippen LogP contribution in [0.2, 0.25) is 0 Å². The zero-order chi connectivity index (χ0) is 13.1. The molecule has 94 valence electrons. The van der Waals surface area contributed by atoms with Crippen LogP contribution in [-0.4, -0.2) is 0 Å². The molecule has 0 aliphatic rings. The summed E-state index contributed by atoms with van der Waals surface area (Å²) in [4.78, 5) is 0. The van der Waals surface area contributed by atoms with Crippen LogP contribution >= 0.6 is 45.2 Å². The number of hydrogen-bond acceptors (Lipinski definition) is 0. The fraction of sp³-hybridized carbons (Fsp3) is 0.250. The monoisotopic (exact) mass is 462 g/mol. The lowest BCUT2D eigenvalue weighted by Crippen LogP contribution is -1.94. The number of rotatable bonds is 3. The molecule has 2 aromatic carbocycles. The highest BCUT2D eigenvalue weighted by Crippen LogP contribution is 2.17. The predicted octanol–water partition coefficient (Wildman–Crippen LogP) is 5.30. The van der Waals surface area contributed by atoms with Crippen LogP contribution in [0.5, 0.6) is 0 Å². The highest BCUT2D eigenvalue weighted by Gasteiger charge is 2.01. The molecule has 0 saturated heterocycles. The van der Waals surface area contributed by atoms with E-state index in [1.807, 2.05) is 0 Å². The summed E-state index contributed by atoms with van der Waals surface area (Å²) in [5, 5.41) is 0. The zero-order valence-corrected chi connectivity index (χ0v) is 14.9. The minimum atomic E-state index is 1.12. The maximum Gasteiger partial charge on any atom is 0.0159 e. The Hall–Kier alpha value is -0.100. The topological polar surface area (TPSA) is 0 Å². The maximum absolute atomic E-state index is 2.39. The SMILES string of the molecule is Cc1cc(CCc2ccc(I)c(C)c2)ccc1I. The summed E-state index contributed by atoms with van der Waals surface area (Å²) in [6.45, 7) is 4.36. The second kappa shape index (κ2) is 6.37. The van der Waals surface area contributed by atoms with E-state index in [-0.39, 0.29) is 0 Å². The molecule has 2 heteroatoms. The molecule has 0 N–H and O–H groups in total. The van der Waals surface area contributed by atoms with Crippen molar-refractivity contribution < 1.29 is 0 Å². The van der Waals surface area contributed by atoms with Gasteiger partial charge in [0.15, 0.2) is 0 Å². The molecule has 2 aromatic rings. The van der Waals surface area contributed by atoms with Crippen LogP contribution in [0.1, 0.15) is 22.3 Å². The van der Waals surface area contributed by atoms with Gasteiger partial charge in [-0.2, -0.15) is 0 Å². The second-order valence-corrected chi connectivity index (χ2v) is 6.99. The van der Waals surface area contributed by atoms with Gasteiger partial charge in [0, 0.05) is 7.14 Å². The average molecular weight is 462 g/mol. The first-order chi connectivity index (χ1) is 8.56. The number of aryl methyl sites for hydroxylation is 4. The van der Waals surface area contributed by atoms with Crippen molar-refractivity contribution in [2.24, 2.45) is 0 Å². The Kier molecular flexibility index (Phi) is 5.06. The van der Waals surface area contributed by atoms with Gasteiger partial charge in [-0.3, -0.25) is 0 Å². The molecule has 0 saturated carbocycles. The molecule has 0 aromatic heterocycles. The van der Waals surface area contributed by atoms with Gasteiger partial charge in [-0.1, -0.05) is 24.3 Å². The molecule has 0 heterocycles. The predicted molar refractivity (Wildman–Crippen MR) is 95.2 cm³/mol. The lowest BCUT2D eigenvalue weighted by Gasteiger charge is -2.06. The third kappa shape index (κ3) is 3.70. The molecule has 18 heavy (non-hydrogen) atoms. The van der Waals surface area contributed by atoms with Crippen molar-refractivity contribution in [2.75, 3.05) is 0 Å². The van der Waals surface area contributed by atoms with E-state index in [2.05, 4.69) is 95.4 Å². The number of halogens is 2. The Morgan fingerprint density at radius 3 is 1.44 bits per heavy atom. The quantitative estimate of drug-likeness (QED) is 0.544. The average Bonchev–Trinajstić information content (AvgIpc) is 2.35. The Morgan fingerprint density at radius 2 is 1.11 bits per heavy atom. The van der Waals surface area contributed by atoms with Crippen LogP contribution in [0.3, 0.4) is 0 Å². The van der Waals surface area contributed by atoms with Crippen LogP contribution in [0.25, 0.3) is 0 Å². The Morgan fingerprint density at radius 1 is 0.722 bits per heavy atom. The van der Waals surface area contributed by atoms with Crippen LogP contribution in [0.4, 0.5) is 0 Å². The van der Waals surface area contributed by atoms with E-state index in [0.717, 1.165) is 12.8 Å². The summed E-state index contributed by atoms with van der Waals surface area (Å²) >= 11 is 4.78. The van der Waals surface area contributed by atoms with E-state index in [1.54, 1.807) is 0 Å². The van der Waals surface area contributed by atoms with Crippen molar-refractivity contribution in [1.82, 2.24) is 0 Å². The summed E-state index contributed by atoms with van der Waals surface area (Å²) in [6.07, 6.45) is 2.25. The third-order valence-corrected chi connectivity index (χ3v) is 5.57. The smallest absolute Gasteiger partial charge is 0.0159 e. The van der Waals surface area contributed by atoms with Gasteiger partial charge >= 0.3 is 0 Å². The molecule has 0 amide bonds. The fourth-order valence-electron chi connectivity index (χ4n) is 2.01. The molecule has 0 aliphatic heterocycles. The van der Waals surface area contributed by atoms with Gasteiger partial charge in [0.05, 0.1) is 0 Å². The molecule has 0 bridgehead atoms. The molecular weight excluding hydrogens is 446 g/mol. The van der Waals surface area contributed by atoms with Crippen LogP contribution in [0, 0.1) is 21.0 Å². The molecule has 0 fully saturated rings. The van der Waals surface area contributed by atoms with E-state index in [0.29, 0.717) is 0 Å². The standard InChI is InChI=1S/C16H16I2/c1-11-9-13(5-7-15(11)17)3-4-14-6-8-16(18)12(2)10-14/h5-10H,3-4H2,1-2H3. The Labute approximate surface area is 136 Å². The van der Waals surface area contributed by atoms with Crippen LogP contribution < -0.4 is 0 Å². The highest BCUT2D eigenvalue weighted by molar-refractivity contribution is 14.1. The van der Waals surface area contributed by atoms with Crippen molar-refractivity contribution in [3.05, 3.63) is 65.8 Å². The number of benzene rings is 2. The molecule has 0 nitrogen and oxygen atoms in total. The van der Waals surface area contributed by atoms with Crippen molar-refractivity contribution in [3.8, 4) is 0 Å². The molecule has 0 radical (unpaired) electrons. The summed E-state index contributed by atoms with van der Waals surface area (Å²) in [5.41, 5.74) is 5.63. The lowest BCUT2D eigenvalue weighted by molar-refractivity contribution is 0.954. The van der Waals surface area contributed by atoms with Gasteiger partial charge in [-0.15, -0.1) is 0 Å². The minimum absolute atomic E-state index is 1.12. The minimum Gasteiger partial charge on any atom is -0.0580 e. The Bertz CT molecular complexity index is 508. The summed E-state index contributed by atoms with van der Waals surface area (Å²) in [6, 6.07) is 13.5. The van der Waals surface area contributed by atoms with E-state index in [9.17, 15) is 0 Å². The van der Waals surface area contributed by atoms with Crippen molar-refractivity contribution in [2.45, 2.75) is 26.7 Å². The van der Waals surface area contributed by atoms with Gasteiger partial charge < -0.3 is 0 Å². The first kappa shape index (κ1) is 14.3. The molecule has 0 unspecified atom stereocenters. The van der Waals surface area contributed by atoms with Gasteiger partial charge in [0.25, 0.3) is 0 Å². The zero-order valence-electron chi connectivity index (χ0n) is 10.6. The first-order valence-electron chi connectivity index (χ1n) is 6.06. The van der Waals surface area contributed by atoms with Crippen molar-refractivity contribution >= 4 is 45.2 Å². The largest absolute Gasteiger partial charge is 0.0580 e. The highest BCUT2D eigenvalue weighted by atomic mass is 127. The first-order valence-corrected chi connectivity index (χ1v) is 8.22. The van der Waals surface area contributed by atoms with Gasteiger partial charge in [-0.25, -0.2) is 0 Å². The van der Waals surface area contributed by atoms with Crippen molar-refractivity contribution in [1.29, 1.82) is 0 Å². The summed E-state index contributed by atoms with van der Waals surface area (Å²) in [5.74, 6) is 0. The maximum atomic E-state index is 2.39. The normalized spacial score (nSPS) is 10.7. The van der Waals surface area contributed by atoms with Gasteiger partial charge in [0.2, 0.25) is 0 Å². The van der Waals surface area contributed by atoms with Crippen LogP contribution in [-0.2, 0) is 12.8 Å². The van der Waals surface area contributed by atoms with E-state index < -0.39 is 0 Å².